The first-order valence-electron chi connectivity index (χ1n) is 7.48. The Kier molecular flexibility index (Phi) is 5.79. The van der Waals surface area contributed by atoms with Crippen LogP contribution in [-0.2, 0) is 14.6 Å². The van der Waals surface area contributed by atoms with Gasteiger partial charge in [-0.25, -0.2) is 8.42 Å². The second kappa shape index (κ2) is 7.38. The van der Waals surface area contributed by atoms with Gasteiger partial charge in [0.1, 0.15) is 0 Å². The van der Waals surface area contributed by atoms with Crippen LogP contribution < -0.4 is 5.32 Å². The smallest absolute Gasteiger partial charge is 0.150 e. The molecule has 0 amide bonds. The average molecular weight is 311 g/mol. The van der Waals surface area contributed by atoms with E-state index in [0.29, 0.717) is 18.1 Å². The van der Waals surface area contributed by atoms with Gasteiger partial charge in [0.25, 0.3) is 0 Å². The van der Waals surface area contributed by atoms with Gasteiger partial charge in [0.05, 0.1) is 18.1 Å². The van der Waals surface area contributed by atoms with Crippen LogP contribution in [0.2, 0.25) is 0 Å². The van der Waals surface area contributed by atoms with Crippen molar-refractivity contribution in [3.05, 3.63) is 35.4 Å². The van der Waals surface area contributed by atoms with Gasteiger partial charge in [-0.3, -0.25) is 0 Å². The maximum absolute atomic E-state index is 11.8. The topological polar surface area (TPSA) is 55.4 Å². The minimum atomic E-state index is -2.84. The number of rotatable bonds is 7. The summed E-state index contributed by atoms with van der Waals surface area (Å²) in [6.45, 7) is 4.32. The fourth-order valence-corrected chi connectivity index (χ4v) is 4.82. The van der Waals surface area contributed by atoms with Gasteiger partial charge in [0, 0.05) is 26.1 Å². The normalized spacial score (nSPS) is 22.3. The molecule has 2 rings (SSSR count). The van der Waals surface area contributed by atoms with Crippen LogP contribution >= 0.6 is 0 Å². The molecule has 1 saturated heterocycles. The third-order valence-electron chi connectivity index (χ3n) is 4.19. The van der Waals surface area contributed by atoms with Gasteiger partial charge in [-0.05, 0) is 24.8 Å². The lowest BCUT2D eigenvalue weighted by Crippen LogP contribution is -2.29. The fourth-order valence-electron chi connectivity index (χ4n) is 2.94. The molecule has 1 aromatic rings. The predicted molar refractivity (Wildman–Crippen MR) is 85.4 cm³/mol. The standard InChI is InChI=1S/C16H25NO3S/c1-13-3-5-14(6-4-13)16(11-17-8-9-20-2)15-7-10-21(18,19)12-15/h3-6,15-17H,7-12H2,1-2H3. The first-order valence-corrected chi connectivity index (χ1v) is 9.30. The molecule has 1 fully saturated rings. The quantitative estimate of drug-likeness (QED) is 0.780. The van der Waals surface area contributed by atoms with E-state index in [0.717, 1.165) is 19.5 Å². The molecule has 1 N–H and O–H groups in total. The number of aryl methyl sites for hydroxylation is 1. The molecule has 4 nitrogen and oxygen atoms in total. The molecule has 1 aromatic carbocycles. The van der Waals surface area contributed by atoms with Crippen LogP contribution in [0, 0.1) is 12.8 Å². The lowest BCUT2D eigenvalue weighted by molar-refractivity contribution is 0.198. The summed E-state index contributed by atoms with van der Waals surface area (Å²) < 4.78 is 28.6. The van der Waals surface area contributed by atoms with E-state index in [1.807, 2.05) is 0 Å². The summed E-state index contributed by atoms with van der Waals surface area (Å²) >= 11 is 0. The van der Waals surface area contributed by atoms with Crippen molar-refractivity contribution in [1.82, 2.24) is 5.32 Å². The molecular weight excluding hydrogens is 286 g/mol. The Morgan fingerprint density at radius 3 is 2.62 bits per heavy atom. The van der Waals surface area contributed by atoms with E-state index in [1.54, 1.807) is 7.11 Å². The van der Waals surface area contributed by atoms with Crippen molar-refractivity contribution < 1.29 is 13.2 Å². The summed E-state index contributed by atoms with van der Waals surface area (Å²) in [5.41, 5.74) is 2.46. The van der Waals surface area contributed by atoms with Crippen molar-refractivity contribution in [2.24, 2.45) is 5.92 Å². The summed E-state index contributed by atoms with van der Waals surface area (Å²) in [6.07, 6.45) is 0.771. The molecule has 118 valence electrons. The third kappa shape index (κ3) is 4.80. The largest absolute Gasteiger partial charge is 0.383 e. The molecule has 1 aliphatic rings. The second-order valence-electron chi connectivity index (χ2n) is 5.88. The first-order chi connectivity index (χ1) is 10.0. The molecule has 5 heteroatoms. The molecule has 21 heavy (non-hydrogen) atoms. The molecule has 1 aliphatic heterocycles. The number of methoxy groups -OCH3 is 1. The zero-order chi connectivity index (χ0) is 15.3. The van der Waals surface area contributed by atoms with Crippen molar-refractivity contribution in [2.45, 2.75) is 19.3 Å². The Hall–Kier alpha value is -0.910. The summed E-state index contributed by atoms with van der Waals surface area (Å²) in [5, 5.41) is 3.38. The number of sulfone groups is 1. The zero-order valence-corrected chi connectivity index (χ0v) is 13.7. The molecule has 0 aromatic heterocycles. The minimum absolute atomic E-state index is 0.216. The van der Waals surface area contributed by atoms with Gasteiger partial charge in [0.15, 0.2) is 9.84 Å². The maximum atomic E-state index is 11.8. The van der Waals surface area contributed by atoms with Crippen LogP contribution in [0.15, 0.2) is 24.3 Å². The molecule has 0 aliphatic carbocycles. The van der Waals surface area contributed by atoms with Gasteiger partial charge in [-0.1, -0.05) is 29.8 Å². The molecule has 0 bridgehead atoms. The Balaban J connectivity index is 2.08. The third-order valence-corrected chi connectivity index (χ3v) is 5.98. The highest BCUT2D eigenvalue weighted by Crippen LogP contribution is 2.33. The Morgan fingerprint density at radius 2 is 2.05 bits per heavy atom. The molecular formula is C16H25NO3S. The van der Waals surface area contributed by atoms with Crippen molar-refractivity contribution in [3.8, 4) is 0 Å². The van der Waals surface area contributed by atoms with E-state index < -0.39 is 9.84 Å². The van der Waals surface area contributed by atoms with E-state index in [9.17, 15) is 8.42 Å². The van der Waals surface area contributed by atoms with Gasteiger partial charge in [0.2, 0.25) is 0 Å². The Morgan fingerprint density at radius 1 is 1.33 bits per heavy atom. The maximum Gasteiger partial charge on any atom is 0.150 e. The SMILES string of the molecule is COCCNCC(c1ccc(C)cc1)C1CCS(=O)(=O)C1. The summed E-state index contributed by atoms with van der Waals surface area (Å²) in [6, 6.07) is 8.45. The highest BCUT2D eigenvalue weighted by Gasteiger charge is 2.34. The zero-order valence-electron chi connectivity index (χ0n) is 12.8. The Labute approximate surface area is 127 Å². The monoisotopic (exact) mass is 311 g/mol. The van der Waals surface area contributed by atoms with Crippen LogP contribution in [0.4, 0.5) is 0 Å². The average Bonchev–Trinajstić information content (AvgIpc) is 2.80. The van der Waals surface area contributed by atoms with E-state index in [1.165, 1.54) is 11.1 Å². The van der Waals surface area contributed by atoms with Crippen molar-refractivity contribution in [2.75, 3.05) is 38.3 Å². The van der Waals surface area contributed by atoms with Crippen molar-refractivity contribution in [3.63, 3.8) is 0 Å². The number of hydrogen-bond donors (Lipinski definition) is 1. The molecule has 0 spiro atoms. The molecule has 0 radical (unpaired) electrons. The molecule has 2 unspecified atom stereocenters. The van der Waals surface area contributed by atoms with Crippen molar-refractivity contribution >= 4 is 9.84 Å². The van der Waals surface area contributed by atoms with Crippen LogP contribution in [-0.4, -0.2) is 46.7 Å². The summed E-state index contributed by atoms with van der Waals surface area (Å²) in [5.74, 6) is 1.11. The number of benzene rings is 1. The predicted octanol–water partition coefficient (Wildman–Crippen LogP) is 1.75. The highest BCUT2D eigenvalue weighted by molar-refractivity contribution is 7.91. The highest BCUT2D eigenvalue weighted by atomic mass is 32.2. The molecule has 2 atom stereocenters. The number of hydrogen-bond acceptors (Lipinski definition) is 4. The van der Waals surface area contributed by atoms with Crippen LogP contribution in [0.5, 0.6) is 0 Å². The number of ether oxygens (including phenoxy) is 1. The lowest BCUT2D eigenvalue weighted by Gasteiger charge is -2.24. The minimum Gasteiger partial charge on any atom is -0.383 e. The van der Waals surface area contributed by atoms with E-state index in [4.69, 9.17) is 4.74 Å². The van der Waals surface area contributed by atoms with Gasteiger partial charge < -0.3 is 10.1 Å². The van der Waals surface area contributed by atoms with E-state index in [2.05, 4.69) is 36.5 Å². The van der Waals surface area contributed by atoms with Gasteiger partial charge >= 0.3 is 0 Å². The second-order valence-corrected chi connectivity index (χ2v) is 8.11. The van der Waals surface area contributed by atoms with Crippen LogP contribution in [0.25, 0.3) is 0 Å². The van der Waals surface area contributed by atoms with Gasteiger partial charge in [-0.2, -0.15) is 0 Å². The van der Waals surface area contributed by atoms with Gasteiger partial charge in [-0.15, -0.1) is 0 Å². The lowest BCUT2D eigenvalue weighted by atomic mass is 9.85. The van der Waals surface area contributed by atoms with Crippen molar-refractivity contribution in [1.29, 1.82) is 0 Å². The summed E-state index contributed by atoms with van der Waals surface area (Å²) in [7, 11) is -1.16. The fraction of sp³-hybridized carbons (Fsp3) is 0.625. The van der Waals surface area contributed by atoms with Crippen LogP contribution in [0.1, 0.15) is 23.5 Å². The Bertz CT molecular complexity index is 539. The molecule has 1 heterocycles. The molecule has 0 saturated carbocycles. The van der Waals surface area contributed by atoms with E-state index in [-0.39, 0.29) is 11.8 Å². The van der Waals surface area contributed by atoms with Crippen LogP contribution in [0.3, 0.4) is 0 Å². The van der Waals surface area contributed by atoms with E-state index >= 15 is 0 Å². The first kappa shape index (κ1) is 16.5. The summed E-state index contributed by atoms with van der Waals surface area (Å²) in [4.78, 5) is 0. The number of nitrogens with one attached hydrogen (secondary N) is 1.